The van der Waals surface area contributed by atoms with Crippen molar-refractivity contribution in [3.05, 3.63) is 345 Å². The summed E-state index contributed by atoms with van der Waals surface area (Å²) in [6, 6.07) is 120. The standard InChI is InChI=1S/C93H60N8/c1-5-25-59(26-6-1)91-94-92(60-27-7-2-8-28-60)96-93(95-91)65-57-88(99-80-41-21-13-33-68(80)69-34-14-22-42-81(69)99)90(89(58-65)100-82-43-23-15-35-70(82)71-36-16-24-44-83(71)100)101-86-51-47-63(61-45-49-84-74(53-61)72-37-17-19-39-78(72)97(84)66-29-9-3-10-30-66)55-76(86)77-56-64(48-52-87(77)101)62-46-50-85-75(54-62)73-38-18-20-40-79(73)98(85)67-31-11-4-12-32-67/h1-23,25-43,45-58H,24,44H2. The van der Waals surface area contributed by atoms with Gasteiger partial charge in [-0.3, -0.25) is 0 Å². The molecule has 14 aromatic carbocycles. The van der Waals surface area contributed by atoms with E-state index >= 15 is 0 Å². The van der Waals surface area contributed by atoms with Gasteiger partial charge >= 0.3 is 0 Å². The zero-order valence-electron chi connectivity index (χ0n) is 54.8. The molecule has 0 saturated carbocycles. The quantitative estimate of drug-likeness (QED) is 0.137. The molecule has 0 unspecified atom stereocenters. The number of benzene rings is 14. The first-order chi connectivity index (χ1) is 50.1. The van der Waals surface area contributed by atoms with Gasteiger partial charge in [0.2, 0.25) is 0 Å². The maximum atomic E-state index is 5.53. The minimum absolute atomic E-state index is 0.571. The van der Waals surface area contributed by atoms with Gasteiger partial charge in [-0.15, -0.1) is 0 Å². The molecule has 1 aliphatic carbocycles. The molecular weight excluding hydrogens is 1230 g/mol. The van der Waals surface area contributed by atoms with Crippen molar-refractivity contribution < 1.29 is 0 Å². The van der Waals surface area contributed by atoms with Crippen LogP contribution in [0.1, 0.15) is 17.7 Å². The van der Waals surface area contributed by atoms with Crippen LogP contribution in [0.5, 0.6) is 0 Å². The van der Waals surface area contributed by atoms with Crippen LogP contribution in [-0.4, -0.2) is 37.8 Å². The second-order valence-corrected chi connectivity index (χ2v) is 26.6. The van der Waals surface area contributed by atoms with E-state index in [0.29, 0.717) is 17.5 Å². The largest absolute Gasteiger partial charge is 0.311 e. The van der Waals surface area contributed by atoms with Crippen molar-refractivity contribution in [3.63, 3.8) is 0 Å². The SMILES string of the molecule is C1=Cc2c(n(-c3cc(-c4nc(-c5ccccc5)nc(-c5ccccc5)n4)cc(-n4c5ccccc5c5ccccc54)c3-n3c4ccc(-c5ccc6c(c5)c5ccccc5n6-c5ccccc5)cc4c4cc(-c5ccc6c(c5)c5ccccc5n6-c5ccccc5)ccc43)c3ccccc23)CC1. The van der Waals surface area contributed by atoms with Crippen molar-refractivity contribution in [1.82, 2.24) is 37.8 Å². The van der Waals surface area contributed by atoms with E-state index in [0.717, 1.165) is 129 Å². The molecule has 6 heterocycles. The third-order valence-electron chi connectivity index (χ3n) is 21.0. The Bertz CT molecular complexity index is 6480. The zero-order chi connectivity index (χ0) is 66.2. The molecule has 0 saturated heterocycles. The molecule has 8 heteroatoms. The molecule has 101 heavy (non-hydrogen) atoms. The predicted molar refractivity (Wildman–Crippen MR) is 419 cm³/mol. The molecule has 0 radical (unpaired) electrons. The molecule has 0 atom stereocenters. The predicted octanol–water partition coefficient (Wildman–Crippen LogP) is 23.5. The second kappa shape index (κ2) is 22.6. The number of hydrogen-bond donors (Lipinski definition) is 0. The summed E-state index contributed by atoms with van der Waals surface area (Å²) in [5.41, 5.74) is 25.1. The van der Waals surface area contributed by atoms with E-state index in [-0.39, 0.29) is 0 Å². The molecule has 0 spiro atoms. The minimum Gasteiger partial charge on any atom is -0.311 e. The number of rotatable bonds is 10. The Kier molecular flexibility index (Phi) is 12.7. The molecule has 21 rings (SSSR count). The van der Waals surface area contributed by atoms with Gasteiger partial charge in [-0.1, -0.05) is 224 Å². The van der Waals surface area contributed by atoms with Crippen molar-refractivity contribution >= 4 is 104 Å². The van der Waals surface area contributed by atoms with Gasteiger partial charge in [-0.2, -0.15) is 0 Å². The lowest BCUT2D eigenvalue weighted by atomic mass is 9.98. The molecule has 0 N–H and O–H groups in total. The van der Waals surface area contributed by atoms with Crippen LogP contribution < -0.4 is 0 Å². The van der Waals surface area contributed by atoms with E-state index < -0.39 is 0 Å². The molecule has 0 bridgehead atoms. The van der Waals surface area contributed by atoms with Gasteiger partial charge < -0.3 is 22.8 Å². The molecule has 20 aromatic rings. The van der Waals surface area contributed by atoms with Crippen molar-refractivity contribution in [2.75, 3.05) is 0 Å². The van der Waals surface area contributed by atoms with Gasteiger partial charge in [-0.25, -0.2) is 15.0 Å². The smallest absolute Gasteiger partial charge is 0.164 e. The van der Waals surface area contributed by atoms with Crippen LogP contribution in [0.2, 0.25) is 0 Å². The highest BCUT2D eigenvalue weighted by atomic mass is 15.1. The average molecular weight is 1290 g/mol. The average Bonchev–Trinajstić information content (AvgIpc) is 1.56. The fourth-order valence-electron chi connectivity index (χ4n) is 16.5. The Hall–Kier alpha value is -13.4. The number of hydrogen-bond acceptors (Lipinski definition) is 3. The lowest BCUT2D eigenvalue weighted by Crippen LogP contribution is -2.12. The van der Waals surface area contributed by atoms with Gasteiger partial charge in [0.05, 0.1) is 66.7 Å². The normalized spacial score (nSPS) is 12.4. The maximum absolute atomic E-state index is 5.53. The molecule has 0 fully saturated rings. The minimum atomic E-state index is 0.571. The van der Waals surface area contributed by atoms with Crippen molar-refractivity contribution in [3.8, 4) is 84.9 Å². The Morgan fingerprint density at radius 3 is 0.980 bits per heavy atom. The molecule has 1 aliphatic rings. The summed E-state index contributed by atoms with van der Waals surface area (Å²) in [6.07, 6.45) is 6.43. The lowest BCUT2D eigenvalue weighted by Gasteiger charge is -2.24. The van der Waals surface area contributed by atoms with Crippen LogP contribution in [0.15, 0.2) is 334 Å². The first-order valence-electron chi connectivity index (χ1n) is 34.7. The number of nitrogens with zero attached hydrogens (tertiary/aromatic N) is 8. The monoisotopic (exact) mass is 1290 g/mol. The van der Waals surface area contributed by atoms with E-state index in [1.165, 1.54) is 60.3 Å². The topological polar surface area (TPSA) is 63.3 Å². The molecule has 472 valence electrons. The van der Waals surface area contributed by atoms with Crippen LogP contribution in [0.4, 0.5) is 0 Å². The Labute approximate surface area is 581 Å². The lowest BCUT2D eigenvalue weighted by molar-refractivity contribution is 0.881. The Morgan fingerprint density at radius 1 is 0.228 bits per heavy atom. The first-order valence-corrected chi connectivity index (χ1v) is 34.7. The van der Waals surface area contributed by atoms with Crippen LogP contribution in [0.3, 0.4) is 0 Å². The zero-order valence-corrected chi connectivity index (χ0v) is 54.8. The summed E-state index contributed by atoms with van der Waals surface area (Å²) in [4.78, 5) is 16.3. The first kappa shape index (κ1) is 56.7. The molecule has 8 nitrogen and oxygen atoms in total. The van der Waals surface area contributed by atoms with Crippen LogP contribution in [0, 0.1) is 0 Å². The highest BCUT2D eigenvalue weighted by Gasteiger charge is 2.30. The summed E-state index contributed by atoms with van der Waals surface area (Å²) in [6.45, 7) is 0. The van der Waals surface area contributed by atoms with E-state index in [2.05, 4.69) is 350 Å². The summed E-state index contributed by atoms with van der Waals surface area (Å²) in [7, 11) is 0. The number of aromatic nitrogens is 8. The van der Waals surface area contributed by atoms with Crippen molar-refractivity contribution in [2.45, 2.75) is 12.8 Å². The van der Waals surface area contributed by atoms with Crippen LogP contribution >= 0.6 is 0 Å². The van der Waals surface area contributed by atoms with Crippen molar-refractivity contribution in [2.24, 2.45) is 0 Å². The van der Waals surface area contributed by atoms with Crippen molar-refractivity contribution in [1.29, 1.82) is 0 Å². The third-order valence-corrected chi connectivity index (χ3v) is 21.0. The summed E-state index contributed by atoms with van der Waals surface area (Å²) < 4.78 is 12.5. The highest BCUT2D eigenvalue weighted by Crippen LogP contribution is 2.48. The Balaban J connectivity index is 0.892. The number of fused-ring (bicyclic) bond motifs is 15. The number of allylic oxidation sites excluding steroid dienone is 1. The fraction of sp³-hybridized carbons (Fsp3) is 0.0215. The molecule has 6 aromatic heterocycles. The third kappa shape index (κ3) is 8.85. The van der Waals surface area contributed by atoms with Gasteiger partial charge in [-0.05, 0) is 150 Å². The van der Waals surface area contributed by atoms with E-state index in [9.17, 15) is 0 Å². The maximum Gasteiger partial charge on any atom is 0.164 e. The summed E-state index contributed by atoms with van der Waals surface area (Å²) in [5.74, 6) is 1.77. The fourth-order valence-corrected chi connectivity index (χ4v) is 16.5. The molecular formula is C93H60N8. The van der Waals surface area contributed by atoms with E-state index in [1.54, 1.807) is 0 Å². The van der Waals surface area contributed by atoms with E-state index in [1.807, 2.05) is 12.1 Å². The summed E-state index contributed by atoms with van der Waals surface area (Å²) >= 11 is 0. The highest BCUT2D eigenvalue weighted by molar-refractivity contribution is 6.16. The summed E-state index contributed by atoms with van der Waals surface area (Å²) in [5, 5.41) is 10.6. The number of para-hydroxylation sites is 7. The van der Waals surface area contributed by atoms with Gasteiger partial charge in [0.15, 0.2) is 17.5 Å². The van der Waals surface area contributed by atoms with Gasteiger partial charge in [0, 0.05) is 87.8 Å². The van der Waals surface area contributed by atoms with Gasteiger partial charge in [0.1, 0.15) is 0 Å². The van der Waals surface area contributed by atoms with E-state index in [4.69, 9.17) is 15.0 Å². The molecule has 0 amide bonds. The molecule has 0 aliphatic heterocycles. The van der Waals surface area contributed by atoms with Gasteiger partial charge in [0.25, 0.3) is 0 Å². The Morgan fingerprint density at radius 2 is 0.545 bits per heavy atom. The second-order valence-electron chi connectivity index (χ2n) is 26.6. The van der Waals surface area contributed by atoms with Crippen LogP contribution in [-0.2, 0) is 6.42 Å². The van der Waals surface area contributed by atoms with Crippen LogP contribution in [0.25, 0.3) is 189 Å².